The molecule has 0 bridgehead atoms. The molecule has 2 unspecified atom stereocenters. The van der Waals surface area contributed by atoms with Gasteiger partial charge in [0.15, 0.2) is 0 Å². The van der Waals surface area contributed by atoms with Gasteiger partial charge in [-0.15, -0.1) is 0 Å². The number of rotatable bonds is 6. The molecule has 3 N–H and O–H groups in total. The molecule has 20 heavy (non-hydrogen) atoms. The van der Waals surface area contributed by atoms with Crippen molar-refractivity contribution in [3.8, 4) is 0 Å². The first-order valence-corrected chi connectivity index (χ1v) is 7.70. The molecular formula is C15H26N4O. The Morgan fingerprint density at radius 2 is 2.00 bits per heavy atom. The molecule has 0 saturated heterocycles. The molecule has 0 radical (unpaired) electrons. The van der Waals surface area contributed by atoms with Crippen molar-refractivity contribution < 1.29 is 5.11 Å². The smallest absolute Gasteiger partial charge is 0.133 e. The van der Waals surface area contributed by atoms with Crippen molar-refractivity contribution in [2.75, 3.05) is 24.3 Å². The summed E-state index contributed by atoms with van der Waals surface area (Å²) < 4.78 is 0. The van der Waals surface area contributed by atoms with E-state index in [0.717, 1.165) is 43.1 Å². The zero-order chi connectivity index (χ0) is 14.4. The van der Waals surface area contributed by atoms with Crippen LogP contribution in [0.1, 0.15) is 44.9 Å². The number of aliphatic hydroxyl groups excluding tert-OH is 1. The Hall–Kier alpha value is -1.36. The van der Waals surface area contributed by atoms with Gasteiger partial charge < -0.3 is 15.7 Å². The van der Waals surface area contributed by atoms with Gasteiger partial charge in [-0.1, -0.05) is 19.8 Å². The lowest BCUT2D eigenvalue weighted by molar-refractivity contribution is 0.178. The van der Waals surface area contributed by atoms with E-state index in [1.807, 2.05) is 13.1 Å². The Morgan fingerprint density at radius 3 is 2.70 bits per heavy atom. The molecule has 1 aliphatic carbocycles. The number of nitrogens with zero attached hydrogens (tertiary/aromatic N) is 2. The Labute approximate surface area is 121 Å². The predicted molar refractivity (Wildman–Crippen MR) is 82.0 cm³/mol. The first-order valence-electron chi connectivity index (χ1n) is 7.70. The lowest BCUT2D eigenvalue weighted by Gasteiger charge is -2.31. The fourth-order valence-corrected chi connectivity index (χ4v) is 2.84. The number of aryl methyl sites for hydroxylation is 1. The third-order valence-electron chi connectivity index (χ3n) is 3.98. The average Bonchev–Trinajstić information content (AvgIpc) is 2.48. The summed E-state index contributed by atoms with van der Waals surface area (Å²) in [5.41, 5.74) is 0. The fraction of sp³-hybridized carbons (Fsp3) is 0.733. The number of hydrogen-bond donors (Lipinski definition) is 3. The monoisotopic (exact) mass is 278 g/mol. The van der Waals surface area contributed by atoms with E-state index >= 15 is 0 Å². The molecule has 1 fully saturated rings. The van der Waals surface area contributed by atoms with Gasteiger partial charge in [-0.25, -0.2) is 9.97 Å². The van der Waals surface area contributed by atoms with Crippen LogP contribution in [0.15, 0.2) is 6.07 Å². The summed E-state index contributed by atoms with van der Waals surface area (Å²) >= 11 is 0. The van der Waals surface area contributed by atoms with Crippen LogP contribution in [0.4, 0.5) is 11.6 Å². The molecule has 0 aliphatic heterocycles. The van der Waals surface area contributed by atoms with Crippen LogP contribution in [0.25, 0.3) is 0 Å². The highest BCUT2D eigenvalue weighted by molar-refractivity contribution is 5.48. The molecule has 1 aliphatic rings. The van der Waals surface area contributed by atoms with Gasteiger partial charge in [0.2, 0.25) is 0 Å². The van der Waals surface area contributed by atoms with Gasteiger partial charge in [-0.3, -0.25) is 0 Å². The average molecular weight is 278 g/mol. The molecule has 1 saturated carbocycles. The number of aromatic nitrogens is 2. The highest BCUT2D eigenvalue weighted by atomic mass is 16.3. The molecular weight excluding hydrogens is 252 g/mol. The molecule has 1 heterocycles. The maximum Gasteiger partial charge on any atom is 0.133 e. The lowest BCUT2D eigenvalue weighted by atomic mass is 9.85. The van der Waals surface area contributed by atoms with E-state index in [-0.39, 0.29) is 6.61 Å². The van der Waals surface area contributed by atoms with Crippen molar-refractivity contribution in [1.29, 1.82) is 0 Å². The molecule has 112 valence electrons. The first-order chi connectivity index (χ1) is 9.76. The molecule has 2 rings (SSSR count). The maximum atomic E-state index is 9.49. The Balaban J connectivity index is 2.12. The quantitative estimate of drug-likeness (QED) is 0.745. The number of anilines is 2. The zero-order valence-corrected chi connectivity index (χ0v) is 12.5. The molecule has 2 atom stereocenters. The number of nitrogens with one attached hydrogen (secondary N) is 2. The van der Waals surface area contributed by atoms with Crippen molar-refractivity contribution in [3.63, 3.8) is 0 Å². The van der Waals surface area contributed by atoms with E-state index < -0.39 is 0 Å². The molecule has 1 aromatic heterocycles. The summed E-state index contributed by atoms with van der Waals surface area (Å²) in [6.45, 7) is 2.38. The second-order valence-corrected chi connectivity index (χ2v) is 5.53. The van der Waals surface area contributed by atoms with Crippen molar-refractivity contribution in [2.24, 2.45) is 5.92 Å². The van der Waals surface area contributed by atoms with Gasteiger partial charge in [0, 0.05) is 38.1 Å². The fourth-order valence-electron chi connectivity index (χ4n) is 2.84. The normalized spacial score (nSPS) is 22.6. The summed E-state index contributed by atoms with van der Waals surface area (Å²) in [6.07, 6.45) is 6.57. The molecule has 5 nitrogen and oxygen atoms in total. The Morgan fingerprint density at radius 1 is 1.25 bits per heavy atom. The topological polar surface area (TPSA) is 70.1 Å². The summed E-state index contributed by atoms with van der Waals surface area (Å²) in [6, 6.07) is 2.27. The van der Waals surface area contributed by atoms with Crippen LogP contribution in [0.5, 0.6) is 0 Å². The van der Waals surface area contributed by atoms with Gasteiger partial charge in [-0.05, 0) is 19.3 Å². The summed E-state index contributed by atoms with van der Waals surface area (Å²) in [5.74, 6) is 2.94. The minimum absolute atomic E-state index is 0.253. The minimum Gasteiger partial charge on any atom is -0.396 e. The lowest BCUT2D eigenvalue weighted by Crippen LogP contribution is -2.34. The summed E-state index contributed by atoms with van der Waals surface area (Å²) in [4.78, 5) is 9.05. The van der Waals surface area contributed by atoms with E-state index in [0.29, 0.717) is 12.0 Å². The molecule has 1 aromatic rings. The number of aliphatic hydroxyl groups is 1. The van der Waals surface area contributed by atoms with Crippen LogP contribution >= 0.6 is 0 Å². The van der Waals surface area contributed by atoms with Crippen molar-refractivity contribution >= 4 is 11.6 Å². The Bertz CT molecular complexity index is 424. The molecule has 0 aromatic carbocycles. The van der Waals surface area contributed by atoms with Crippen LogP contribution in [0.2, 0.25) is 0 Å². The first kappa shape index (κ1) is 15.0. The van der Waals surface area contributed by atoms with E-state index in [1.54, 1.807) is 0 Å². The van der Waals surface area contributed by atoms with Crippen LogP contribution in [0, 0.1) is 5.92 Å². The largest absolute Gasteiger partial charge is 0.396 e. The van der Waals surface area contributed by atoms with E-state index in [4.69, 9.17) is 0 Å². The zero-order valence-electron chi connectivity index (χ0n) is 12.5. The Kier molecular flexibility index (Phi) is 5.59. The van der Waals surface area contributed by atoms with Crippen LogP contribution in [0.3, 0.4) is 0 Å². The number of hydrogen-bond acceptors (Lipinski definition) is 5. The highest BCUT2D eigenvalue weighted by Crippen LogP contribution is 2.27. The van der Waals surface area contributed by atoms with Gasteiger partial charge in [0.05, 0.1) is 0 Å². The van der Waals surface area contributed by atoms with Crippen LogP contribution in [-0.2, 0) is 6.42 Å². The van der Waals surface area contributed by atoms with Gasteiger partial charge >= 0.3 is 0 Å². The van der Waals surface area contributed by atoms with Crippen molar-refractivity contribution in [1.82, 2.24) is 9.97 Å². The summed E-state index contributed by atoms with van der Waals surface area (Å²) in [5, 5.41) is 16.1. The third kappa shape index (κ3) is 3.82. The van der Waals surface area contributed by atoms with Gasteiger partial charge in [0.1, 0.15) is 17.5 Å². The standard InChI is InChI=1S/C15H26N4O/c1-3-6-13-18-14(16-2)9-15(19-13)17-12-8-5-4-7-11(12)10-20/h9,11-12,20H,3-8,10H2,1-2H3,(H2,16,17,18,19). The maximum absolute atomic E-state index is 9.49. The van der Waals surface area contributed by atoms with Crippen LogP contribution in [-0.4, -0.2) is 34.8 Å². The van der Waals surface area contributed by atoms with E-state index in [2.05, 4.69) is 27.5 Å². The highest BCUT2D eigenvalue weighted by Gasteiger charge is 2.24. The molecule has 0 spiro atoms. The van der Waals surface area contributed by atoms with E-state index in [1.165, 1.54) is 12.8 Å². The predicted octanol–water partition coefficient (Wildman–Crippen LogP) is 2.43. The molecule has 0 amide bonds. The summed E-state index contributed by atoms with van der Waals surface area (Å²) in [7, 11) is 1.87. The van der Waals surface area contributed by atoms with Gasteiger partial charge in [0.25, 0.3) is 0 Å². The second kappa shape index (κ2) is 7.43. The SMILES string of the molecule is CCCc1nc(NC)cc(NC2CCCCC2CO)n1. The second-order valence-electron chi connectivity index (χ2n) is 5.53. The minimum atomic E-state index is 0.253. The molecule has 5 heteroatoms. The van der Waals surface area contributed by atoms with Gasteiger partial charge in [-0.2, -0.15) is 0 Å². The van der Waals surface area contributed by atoms with E-state index in [9.17, 15) is 5.11 Å². The van der Waals surface area contributed by atoms with Crippen molar-refractivity contribution in [3.05, 3.63) is 11.9 Å². The van der Waals surface area contributed by atoms with Crippen LogP contribution < -0.4 is 10.6 Å². The third-order valence-corrected chi connectivity index (χ3v) is 3.98. The van der Waals surface area contributed by atoms with Crippen molar-refractivity contribution in [2.45, 2.75) is 51.5 Å².